The van der Waals surface area contributed by atoms with Crippen LogP contribution < -0.4 is 5.32 Å². The Balaban J connectivity index is 1.52. The summed E-state index contributed by atoms with van der Waals surface area (Å²) in [7, 11) is -7.38. The van der Waals surface area contributed by atoms with Gasteiger partial charge in [0.15, 0.2) is 0 Å². The van der Waals surface area contributed by atoms with Crippen molar-refractivity contribution in [2.75, 3.05) is 44.7 Å². The van der Waals surface area contributed by atoms with E-state index in [4.69, 9.17) is 4.74 Å². The van der Waals surface area contributed by atoms with Crippen molar-refractivity contribution >= 4 is 31.6 Å². The summed E-state index contributed by atoms with van der Waals surface area (Å²) in [5.41, 5.74) is 0.480. The monoisotopic (exact) mass is 493 g/mol. The maximum atomic E-state index is 12.9. The lowest BCUT2D eigenvalue weighted by Crippen LogP contribution is -2.40. The summed E-state index contributed by atoms with van der Waals surface area (Å²) in [5.74, 6) is -0.526. The van der Waals surface area contributed by atoms with Crippen LogP contribution in [0.4, 0.5) is 5.69 Å². The summed E-state index contributed by atoms with van der Waals surface area (Å²) >= 11 is 0. The van der Waals surface area contributed by atoms with Crippen LogP contribution in [0.2, 0.25) is 0 Å². The second kappa shape index (κ2) is 9.90. The van der Waals surface area contributed by atoms with Gasteiger partial charge in [0.2, 0.25) is 20.0 Å². The summed E-state index contributed by atoms with van der Waals surface area (Å²) < 4.78 is 59.7. The van der Waals surface area contributed by atoms with Crippen molar-refractivity contribution in [3.05, 3.63) is 54.1 Å². The average Bonchev–Trinajstić information content (AvgIpc) is 2.85. The van der Waals surface area contributed by atoms with Gasteiger partial charge in [-0.25, -0.2) is 16.8 Å². The van der Waals surface area contributed by atoms with Crippen LogP contribution in [0.5, 0.6) is 0 Å². The molecular formula is C22H27N3O6S2. The fraction of sp³-hybridized carbons (Fsp3) is 0.409. The lowest BCUT2D eigenvalue weighted by molar-refractivity contribution is 0.0730. The second-order valence-corrected chi connectivity index (χ2v) is 11.9. The van der Waals surface area contributed by atoms with E-state index in [0.29, 0.717) is 32.0 Å². The van der Waals surface area contributed by atoms with Crippen molar-refractivity contribution in [2.45, 2.75) is 29.1 Å². The van der Waals surface area contributed by atoms with Crippen LogP contribution in [0, 0.1) is 0 Å². The Hall–Kier alpha value is -2.31. The number of hydrogen-bond donors (Lipinski definition) is 1. The molecule has 33 heavy (non-hydrogen) atoms. The molecule has 0 unspecified atom stereocenters. The number of rotatable bonds is 6. The number of benzene rings is 2. The Morgan fingerprint density at radius 3 is 2.00 bits per heavy atom. The van der Waals surface area contributed by atoms with Crippen LogP contribution in [-0.2, 0) is 24.8 Å². The number of piperidine rings is 1. The average molecular weight is 494 g/mol. The zero-order chi connectivity index (χ0) is 23.5. The molecule has 11 heteroatoms. The first-order chi connectivity index (χ1) is 15.8. The van der Waals surface area contributed by atoms with Gasteiger partial charge in [0.05, 0.1) is 23.0 Å². The number of carbonyl (C=O) groups excluding carboxylic acids is 1. The standard InChI is InChI=1S/C22H27N3O6S2/c26-22(18-6-4-8-20(16-18)32(27,28)25-12-14-31-15-13-25)23-19-7-5-9-21(17-19)33(29,30)24-10-2-1-3-11-24/h4-9,16-17H,1-3,10-15H2,(H,23,26). The number of nitrogens with one attached hydrogen (secondary N) is 1. The molecule has 0 aromatic heterocycles. The molecule has 2 aliphatic rings. The summed E-state index contributed by atoms with van der Waals surface area (Å²) in [5, 5.41) is 2.68. The molecule has 1 N–H and O–H groups in total. The van der Waals surface area contributed by atoms with Crippen LogP contribution >= 0.6 is 0 Å². The molecule has 4 rings (SSSR count). The Kier molecular flexibility index (Phi) is 7.15. The first kappa shape index (κ1) is 23.8. The third kappa shape index (κ3) is 5.28. The zero-order valence-corrected chi connectivity index (χ0v) is 19.8. The predicted octanol–water partition coefficient (Wildman–Crippen LogP) is 2.13. The van der Waals surface area contributed by atoms with E-state index in [9.17, 15) is 21.6 Å². The lowest BCUT2D eigenvalue weighted by Gasteiger charge is -2.26. The smallest absolute Gasteiger partial charge is 0.255 e. The highest BCUT2D eigenvalue weighted by Gasteiger charge is 2.28. The third-order valence-electron chi connectivity index (χ3n) is 5.75. The van der Waals surface area contributed by atoms with Crippen LogP contribution in [0.1, 0.15) is 29.6 Å². The summed E-state index contributed by atoms with van der Waals surface area (Å²) in [4.78, 5) is 13.0. The maximum absolute atomic E-state index is 12.9. The van der Waals surface area contributed by atoms with Gasteiger partial charge in [0.25, 0.3) is 5.91 Å². The SMILES string of the molecule is O=C(Nc1cccc(S(=O)(=O)N2CCCCC2)c1)c1cccc(S(=O)(=O)N2CCOCC2)c1. The molecule has 178 valence electrons. The molecule has 2 heterocycles. The molecule has 0 radical (unpaired) electrons. The quantitative estimate of drug-likeness (QED) is 0.660. The van der Waals surface area contributed by atoms with E-state index in [0.717, 1.165) is 19.3 Å². The summed E-state index contributed by atoms with van der Waals surface area (Å²) in [6.45, 7) is 2.16. The normalized spacial score (nSPS) is 18.7. The highest BCUT2D eigenvalue weighted by Crippen LogP contribution is 2.24. The Bertz CT molecular complexity index is 1220. The van der Waals surface area contributed by atoms with Crippen molar-refractivity contribution < 1.29 is 26.4 Å². The first-order valence-electron chi connectivity index (χ1n) is 10.9. The fourth-order valence-electron chi connectivity index (χ4n) is 3.93. The molecular weight excluding hydrogens is 466 g/mol. The second-order valence-electron chi connectivity index (χ2n) is 7.99. The molecule has 2 fully saturated rings. The van der Waals surface area contributed by atoms with Gasteiger partial charge in [-0.2, -0.15) is 8.61 Å². The number of anilines is 1. The molecule has 9 nitrogen and oxygen atoms in total. The minimum atomic E-state index is -3.74. The Morgan fingerprint density at radius 1 is 0.758 bits per heavy atom. The van der Waals surface area contributed by atoms with E-state index in [1.807, 2.05) is 0 Å². The van der Waals surface area contributed by atoms with Crippen molar-refractivity contribution in [2.24, 2.45) is 0 Å². The lowest BCUT2D eigenvalue weighted by atomic mass is 10.2. The van der Waals surface area contributed by atoms with E-state index in [1.54, 1.807) is 12.1 Å². The predicted molar refractivity (Wildman–Crippen MR) is 123 cm³/mol. The van der Waals surface area contributed by atoms with Crippen molar-refractivity contribution in [1.29, 1.82) is 0 Å². The van der Waals surface area contributed by atoms with Crippen LogP contribution in [0.3, 0.4) is 0 Å². The molecule has 2 saturated heterocycles. The Morgan fingerprint density at radius 2 is 1.33 bits per heavy atom. The van der Waals surface area contributed by atoms with E-state index in [-0.39, 0.29) is 28.4 Å². The first-order valence-corrected chi connectivity index (χ1v) is 13.8. The van der Waals surface area contributed by atoms with E-state index < -0.39 is 26.0 Å². The third-order valence-corrected chi connectivity index (χ3v) is 9.54. The summed E-state index contributed by atoms with van der Waals surface area (Å²) in [6, 6.07) is 11.9. The van der Waals surface area contributed by atoms with Crippen molar-refractivity contribution in [3.8, 4) is 0 Å². The van der Waals surface area contributed by atoms with Crippen LogP contribution in [0.15, 0.2) is 58.3 Å². The number of carbonyl (C=O) groups is 1. The Labute approximate surface area is 194 Å². The minimum absolute atomic E-state index is 0.0264. The molecule has 2 aromatic carbocycles. The maximum Gasteiger partial charge on any atom is 0.255 e. The van der Waals surface area contributed by atoms with Gasteiger partial charge >= 0.3 is 0 Å². The molecule has 0 atom stereocenters. The van der Waals surface area contributed by atoms with Gasteiger partial charge in [0.1, 0.15) is 0 Å². The molecule has 2 aliphatic heterocycles. The topological polar surface area (TPSA) is 113 Å². The minimum Gasteiger partial charge on any atom is -0.379 e. The van der Waals surface area contributed by atoms with E-state index in [1.165, 1.54) is 45.0 Å². The number of hydrogen-bond acceptors (Lipinski definition) is 6. The van der Waals surface area contributed by atoms with Crippen molar-refractivity contribution in [1.82, 2.24) is 8.61 Å². The van der Waals surface area contributed by atoms with E-state index >= 15 is 0 Å². The van der Waals surface area contributed by atoms with E-state index in [2.05, 4.69) is 5.32 Å². The van der Waals surface area contributed by atoms with Gasteiger partial charge in [-0.3, -0.25) is 4.79 Å². The van der Waals surface area contributed by atoms with Gasteiger partial charge in [-0.15, -0.1) is 0 Å². The molecule has 2 aromatic rings. The number of sulfonamides is 2. The van der Waals surface area contributed by atoms with Gasteiger partial charge in [-0.05, 0) is 49.2 Å². The number of nitrogens with zero attached hydrogens (tertiary/aromatic N) is 2. The largest absolute Gasteiger partial charge is 0.379 e. The number of amides is 1. The molecule has 0 aliphatic carbocycles. The van der Waals surface area contributed by atoms with Crippen LogP contribution in [-0.4, -0.2) is 70.7 Å². The molecule has 0 saturated carbocycles. The highest BCUT2D eigenvalue weighted by atomic mass is 32.2. The zero-order valence-electron chi connectivity index (χ0n) is 18.1. The summed E-state index contributed by atoms with van der Waals surface area (Å²) in [6.07, 6.45) is 2.68. The number of ether oxygens (including phenoxy) is 1. The number of morpholine rings is 1. The van der Waals surface area contributed by atoms with Crippen LogP contribution in [0.25, 0.3) is 0 Å². The fourth-order valence-corrected chi connectivity index (χ4v) is 6.94. The van der Waals surface area contributed by atoms with Crippen molar-refractivity contribution in [3.63, 3.8) is 0 Å². The molecule has 1 amide bonds. The molecule has 0 spiro atoms. The van der Waals surface area contributed by atoms with Gasteiger partial charge < -0.3 is 10.1 Å². The van der Waals surface area contributed by atoms with Gasteiger partial charge in [-0.1, -0.05) is 18.6 Å². The van der Waals surface area contributed by atoms with Gasteiger partial charge in [0, 0.05) is 37.4 Å². The highest BCUT2D eigenvalue weighted by molar-refractivity contribution is 7.89. The molecule has 0 bridgehead atoms.